The molecule has 1 aliphatic heterocycles. The zero-order valence-electron chi connectivity index (χ0n) is 13.4. The summed E-state index contributed by atoms with van der Waals surface area (Å²) < 4.78 is 0. The Morgan fingerprint density at radius 3 is 2.40 bits per heavy atom. The minimum absolute atomic E-state index is 0.314. The van der Waals surface area contributed by atoms with E-state index < -0.39 is 0 Å². The number of carbonyl (C=O) groups is 1. The average Bonchev–Trinajstić information content (AvgIpc) is 2.74. The molecule has 1 saturated heterocycles. The largest absolute Gasteiger partial charge is 0.339 e. The minimum atomic E-state index is 0.314. The summed E-state index contributed by atoms with van der Waals surface area (Å²) in [7, 11) is 0. The molecular formula is C18H31NO. The van der Waals surface area contributed by atoms with Gasteiger partial charge in [0.05, 0.1) is 0 Å². The van der Waals surface area contributed by atoms with Crippen molar-refractivity contribution in [1.82, 2.24) is 4.90 Å². The van der Waals surface area contributed by atoms with Crippen LogP contribution in [0.15, 0.2) is 0 Å². The third-order valence-electron chi connectivity index (χ3n) is 6.44. The number of hydrogen-bond acceptors (Lipinski definition) is 1. The molecule has 3 fully saturated rings. The van der Waals surface area contributed by atoms with E-state index in [1.54, 1.807) is 6.92 Å². The number of likely N-dealkylation sites (tertiary alicyclic amines) is 1. The van der Waals surface area contributed by atoms with Gasteiger partial charge in [0.2, 0.25) is 5.91 Å². The lowest BCUT2D eigenvalue weighted by Gasteiger charge is -2.38. The van der Waals surface area contributed by atoms with Crippen molar-refractivity contribution in [2.24, 2.45) is 17.3 Å². The first-order chi connectivity index (χ1) is 9.60. The summed E-state index contributed by atoms with van der Waals surface area (Å²) >= 11 is 0. The zero-order chi connectivity index (χ0) is 14.2. The summed E-state index contributed by atoms with van der Waals surface area (Å²) in [6.07, 6.45) is 13.9. The van der Waals surface area contributed by atoms with Gasteiger partial charge in [-0.15, -0.1) is 0 Å². The van der Waals surface area contributed by atoms with E-state index in [1.165, 1.54) is 64.2 Å². The first-order valence-electron chi connectivity index (χ1n) is 8.87. The van der Waals surface area contributed by atoms with Gasteiger partial charge in [-0.25, -0.2) is 0 Å². The molecule has 0 spiro atoms. The van der Waals surface area contributed by atoms with Gasteiger partial charge in [-0.3, -0.25) is 4.79 Å². The lowest BCUT2D eigenvalue weighted by molar-refractivity contribution is -0.130. The Labute approximate surface area is 124 Å². The maximum absolute atomic E-state index is 12.0. The Bertz CT molecular complexity index is 360. The van der Waals surface area contributed by atoms with Crippen LogP contribution in [0.4, 0.5) is 0 Å². The van der Waals surface area contributed by atoms with Crippen molar-refractivity contribution in [1.29, 1.82) is 0 Å². The molecule has 0 N–H and O–H groups in total. The maximum Gasteiger partial charge on any atom is 0.219 e. The Hall–Kier alpha value is -0.530. The number of fused-ring (bicyclic) bond motifs is 1. The number of rotatable bonds is 2. The molecule has 0 aromatic heterocycles. The van der Waals surface area contributed by atoms with Crippen molar-refractivity contribution in [2.45, 2.75) is 84.1 Å². The summed E-state index contributed by atoms with van der Waals surface area (Å²) in [6.45, 7) is 5.31. The van der Waals surface area contributed by atoms with Crippen molar-refractivity contribution in [2.75, 3.05) is 6.54 Å². The van der Waals surface area contributed by atoms with Crippen LogP contribution in [-0.2, 0) is 4.79 Å². The van der Waals surface area contributed by atoms with E-state index in [-0.39, 0.29) is 0 Å². The summed E-state index contributed by atoms with van der Waals surface area (Å²) in [5.41, 5.74) is 0.402. The lowest BCUT2D eigenvalue weighted by atomic mass is 9.65. The molecule has 1 amide bonds. The highest BCUT2D eigenvalue weighted by atomic mass is 16.2. The second-order valence-corrected chi connectivity index (χ2v) is 7.97. The Kier molecular flexibility index (Phi) is 4.10. The molecule has 2 aliphatic carbocycles. The van der Waals surface area contributed by atoms with Crippen LogP contribution in [0.2, 0.25) is 0 Å². The molecule has 2 saturated carbocycles. The molecule has 0 bridgehead atoms. The molecule has 2 nitrogen and oxygen atoms in total. The van der Waals surface area contributed by atoms with Gasteiger partial charge < -0.3 is 4.90 Å². The Morgan fingerprint density at radius 2 is 1.70 bits per heavy atom. The van der Waals surface area contributed by atoms with Gasteiger partial charge in [0.15, 0.2) is 0 Å². The summed E-state index contributed by atoms with van der Waals surface area (Å²) in [4.78, 5) is 14.2. The number of nitrogens with zero attached hydrogens (tertiary/aromatic N) is 1. The number of amides is 1. The van der Waals surface area contributed by atoms with Crippen molar-refractivity contribution < 1.29 is 4.79 Å². The van der Waals surface area contributed by atoms with E-state index in [4.69, 9.17) is 0 Å². The van der Waals surface area contributed by atoms with Gasteiger partial charge in [-0.2, -0.15) is 0 Å². The van der Waals surface area contributed by atoms with E-state index in [9.17, 15) is 4.79 Å². The van der Waals surface area contributed by atoms with Crippen LogP contribution in [0, 0.1) is 17.3 Å². The van der Waals surface area contributed by atoms with Gasteiger partial charge in [-0.05, 0) is 36.5 Å². The van der Waals surface area contributed by atoms with Crippen molar-refractivity contribution in [3.05, 3.63) is 0 Å². The molecule has 3 rings (SSSR count). The molecule has 3 aliphatic rings. The summed E-state index contributed by atoms with van der Waals surface area (Å²) in [5.74, 6) is 2.03. The number of carbonyl (C=O) groups excluding carboxylic acids is 1. The second kappa shape index (κ2) is 5.69. The molecule has 3 unspecified atom stereocenters. The van der Waals surface area contributed by atoms with Crippen molar-refractivity contribution >= 4 is 5.91 Å². The third kappa shape index (κ3) is 2.63. The molecule has 0 aromatic rings. The van der Waals surface area contributed by atoms with Gasteiger partial charge in [0.1, 0.15) is 0 Å². The fourth-order valence-corrected chi connectivity index (χ4v) is 5.53. The molecule has 3 atom stereocenters. The standard InChI is InChI=1S/C18H31NO/c1-14(20)19-13-18(2,12-15-8-4-3-5-9-15)16-10-6-7-11-17(16)19/h15-17H,3-13H2,1-2H3. The lowest BCUT2D eigenvalue weighted by Crippen LogP contribution is -2.38. The molecule has 0 aromatic carbocycles. The monoisotopic (exact) mass is 277 g/mol. The van der Waals surface area contributed by atoms with Crippen LogP contribution in [0.25, 0.3) is 0 Å². The van der Waals surface area contributed by atoms with Gasteiger partial charge in [0.25, 0.3) is 0 Å². The highest BCUT2D eigenvalue weighted by molar-refractivity contribution is 5.74. The van der Waals surface area contributed by atoms with Crippen molar-refractivity contribution in [3.8, 4) is 0 Å². The van der Waals surface area contributed by atoms with Crippen LogP contribution in [-0.4, -0.2) is 23.4 Å². The predicted molar refractivity (Wildman–Crippen MR) is 82.4 cm³/mol. The van der Waals surface area contributed by atoms with Gasteiger partial charge in [0, 0.05) is 19.5 Å². The molecule has 114 valence electrons. The average molecular weight is 277 g/mol. The topological polar surface area (TPSA) is 20.3 Å². The smallest absolute Gasteiger partial charge is 0.219 e. The van der Waals surface area contributed by atoms with Crippen LogP contribution in [0.5, 0.6) is 0 Å². The normalized spacial score (nSPS) is 38.8. The highest BCUT2D eigenvalue weighted by Gasteiger charge is 2.51. The Morgan fingerprint density at radius 1 is 1.05 bits per heavy atom. The van der Waals surface area contributed by atoms with Crippen molar-refractivity contribution in [3.63, 3.8) is 0 Å². The maximum atomic E-state index is 12.0. The fraction of sp³-hybridized carbons (Fsp3) is 0.944. The zero-order valence-corrected chi connectivity index (χ0v) is 13.4. The van der Waals surface area contributed by atoms with Gasteiger partial charge in [-0.1, -0.05) is 51.9 Å². The van der Waals surface area contributed by atoms with E-state index >= 15 is 0 Å². The quantitative estimate of drug-likeness (QED) is 0.733. The fourth-order valence-electron chi connectivity index (χ4n) is 5.53. The van der Waals surface area contributed by atoms with E-state index in [2.05, 4.69) is 11.8 Å². The molecule has 1 heterocycles. The molecule has 0 radical (unpaired) electrons. The van der Waals surface area contributed by atoms with E-state index in [0.717, 1.165) is 18.4 Å². The molecule has 20 heavy (non-hydrogen) atoms. The SMILES string of the molecule is CC(=O)N1CC(C)(CC2CCCCC2)C2CCCCC21. The third-order valence-corrected chi connectivity index (χ3v) is 6.44. The first kappa shape index (κ1) is 14.4. The highest BCUT2D eigenvalue weighted by Crippen LogP contribution is 2.51. The van der Waals surface area contributed by atoms with Crippen LogP contribution in [0.1, 0.15) is 78.1 Å². The molecule has 2 heteroatoms. The van der Waals surface area contributed by atoms with E-state index in [1.807, 2.05) is 0 Å². The van der Waals surface area contributed by atoms with Crippen LogP contribution in [0.3, 0.4) is 0 Å². The van der Waals surface area contributed by atoms with Gasteiger partial charge >= 0.3 is 0 Å². The first-order valence-corrected chi connectivity index (χ1v) is 8.87. The number of hydrogen-bond donors (Lipinski definition) is 0. The Balaban J connectivity index is 1.74. The second-order valence-electron chi connectivity index (χ2n) is 7.97. The van der Waals surface area contributed by atoms with Crippen LogP contribution < -0.4 is 0 Å². The van der Waals surface area contributed by atoms with Crippen LogP contribution >= 0.6 is 0 Å². The summed E-state index contributed by atoms with van der Waals surface area (Å²) in [5, 5.41) is 0. The predicted octanol–water partition coefficient (Wildman–Crippen LogP) is 4.38. The summed E-state index contributed by atoms with van der Waals surface area (Å²) in [6, 6.07) is 0.565. The minimum Gasteiger partial charge on any atom is -0.339 e. The van der Waals surface area contributed by atoms with E-state index in [0.29, 0.717) is 17.4 Å². The molecular weight excluding hydrogens is 246 g/mol.